The Kier molecular flexibility index (Phi) is 17.4. The first-order chi connectivity index (χ1) is 12.6. The number of unbranched alkanes of at least 4 members (excludes halogenated alkanes) is 4. The summed E-state index contributed by atoms with van der Waals surface area (Å²) in [6.07, 6.45) is 9.19. The van der Waals surface area contributed by atoms with Gasteiger partial charge in [-0.25, -0.2) is 0 Å². The number of hydrogen-bond acceptors (Lipinski definition) is 4. The molecule has 0 aliphatic carbocycles. The Morgan fingerprint density at radius 1 is 0.577 bits per heavy atom. The third kappa shape index (κ3) is 12.7. The molecule has 0 aromatic carbocycles. The molecule has 0 heterocycles. The van der Waals surface area contributed by atoms with Gasteiger partial charge in [0.1, 0.15) is 13.2 Å². The third-order valence-electron chi connectivity index (χ3n) is 4.18. The maximum Gasteiger partial charge on any atom is 0.259 e. The van der Waals surface area contributed by atoms with Gasteiger partial charge in [-0.05, 0) is 50.1 Å². The summed E-state index contributed by atoms with van der Waals surface area (Å²) in [5.41, 5.74) is 0. The zero-order chi connectivity index (χ0) is 19.6. The molecule has 0 radical (unpaired) electrons. The van der Waals surface area contributed by atoms with E-state index in [0.29, 0.717) is 23.6 Å². The van der Waals surface area contributed by atoms with Crippen LogP contribution in [0.5, 0.6) is 0 Å². The molecular formula is C20H40N2O2S2. The summed E-state index contributed by atoms with van der Waals surface area (Å²) in [6, 6.07) is 0. The maximum absolute atomic E-state index is 5.74. The van der Waals surface area contributed by atoms with Crippen molar-refractivity contribution in [3.63, 3.8) is 0 Å². The van der Waals surface area contributed by atoms with E-state index in [-0.39, 0.29) is 0 Å². The lowest BCUT2D eigenvalue weighted by Gasteiger charge is -2.26. The summed E-state index contributed by atoms with van der Waals surface area (Å²) in [7, 11) is 0. The Morgan fingerprint density at radius 3 is 1.08 bits per heavy atom. The second-order valence-electron chi connectivity index (χ2n) is 6.62. The van der Waals surface area contributed by atoms with Crippen molar-refractivity contribution in [3.8, 4) is 0 Å². The predicted molar refractivity (Wildman–Crippen MR) is 120 cm³/mol. The largest absolute Gasteiger partial charge is 0.467 e. The van der Waals surface area contributed by atoms with Gasteiger partial charge in [0.2, 0.25) is 0 Å². The molecule has 0 aliphatic heterocycles. The van der Waals surface area contributed by atoms with Crippen molar-refractivity contribution >= 4 is 34.8 Å². The number of ether oxygens (including phenoxy) is 2. The first kappa shape index (κ1) is 25.4. The Labute approximate surface area is 172 Å². The first-order valence-corrected chi connectivity index (χ1v) is 11.3. The van der Waals surface area contributed by atoms with Gasteiger partial charge in [0.05, 0.1) is 0 Å². The predicted octanol–water partition coefficient (Wildman–Crippen LogP) is 5.39. The average molecular weight is 405 g/mol. The molecule has 26 heavy (non-hydrogen) atoms. The highest BCUT2D eigenvalue weighted by molar-refractivity contribution is 7.80. The Balaban J connectivity index is 4.20. The van der Waals surface area contributed by atoms with E-state index in [0.717, 1.165) is 77.5 Å². The monoisotopic (exact) mass is 404 g/mol. The van der Waals surface area contributed by atoms with E-state index in [9.17, 15) is 0 Å². The highest BCUT2D eigenvalue weighted by atomic mass is 32.1. The van der Waals surface area contributed by atoms with Crippen molar-refractivity contribution < 1.29 is 9.47 Å². The molecule has 0 aromatic heterocycles. The second kappa shape index (κ2) is 17.8. The molecule has 0 aromatic rings. The molecule has 0 spiro atoms. The minimum atomic E-state index is 0.448. The molecule has 0 aliphatic rings. The number of hydrogen-bond donors (Lipinski definition) is 0. The number of thiocarbonyl (C=S) groups is 2. The molecule has 6 heteroatoms. The van der Waals surface area contributed by atoms with Crippen LogP contribution in [0.1, 0.15) is 79.1 Å². The Bertz CT molecular complexity index is 318. The summed E-state index contributed by atoms with van der Waals surface area (Å²) in [6.45, 7) is 13.5. The van der Waals surface area contributed by atoms with Crippen LogP contribution < -0.4 is 0 Å². The van der Waals surface area contributed by atoms with Crippen LogP contribution in [0, 0.1) is 0 Å². The molecule has 0 saturated carbocycles. The topological polar surface area (TPSA) is 24.9 Å². The van der Waals surface area contributed by atoms with Crippen LogP contribution in [0.2, 0.25) is 0 Å². The molecule has 0 saturated heterocycles. The quantitative estimate of drug-likeness (QED) is 0.268. The zero-order valence-corrected chi connectivity index (χ0v) is 19.1. The van der Waals surface area contributed by atoms with Gasteiger partial charge < -0.3 is 19.3 Å². The SMILES string of the molecule is CCCCN(CCCC)C(=S)OCCOC(=S)N(CCCC)CCCC. The summed E-state index contributed by atoms with van der Waals surface area (Å²) < 4.78 is 11.5. The minimum Gasteiger partial charge on any atom is -0.467 e. The molecule has 0 unspecified atom stereocenters. The van der Waals surface area contributed by atoms with Crippen LogP contribution in [-0.4, -0.2) is 59.5 Å². The molecule has 0 rings (SSSR count). The molecule has 0 bridgehead atoms. The fraction of sp³-hybridized carbons (Fsp3) is 0.900. The van der Waals surface area contributed by atoms with Crippen molar-refractivity contribution in [3.05, 3.63) is 0 Å². The van der Waals surface area contributed by atoms with Crippen molar-refractivity contribution in [1.82, 2.24) is 9.80 Å². The van der Waals surface area contributed by atoms with E-state index in [2.05, 4.69) is 37.5 Å². The highest BCUT2D eigenvalue weighted by Gasteiger charge is 2.12. The van der Waals surface area contributed by atoms with E-state index in [4.69, 9.17) is 33.9 Å². The van der Waals surface area contributed by atoms with Crippen LogP contribution in [0.15, 0.2) is 0 Å². The second-order valence-corrected chi connectivity index (χ2v) is 7.32. The standard InChI is InChI=1S/C20H40N2O2S2/c1-5-9-13-21(14-10-6-2)19(25)23-17-18-24-20(26)22(15-11-7-3)16-12-8-4/h5-18H2,1-4H3. The lowest BCUT2D eigenvalue weighted by molar-refractivity contribution is 0.160. The van der Waals surface area contributed by atoms with Crippen molar-refractivity contribution in [2.24, 2.45) is 0 Å². The van der Waals surface area contributed by atoms with Crippen molar-refractivity contribution in [1.29, 1.82) is 0 Å². The van der Waals surface area contributed by atoms with Crippen LogP contribution in [-0.2, 0) is 9.47 Å². The summed E-state index contributed by atoms with van der Waals surface area (Å²) in [4.78, 5) is 4.35. The Hall–Kier alpha value is -0.620. The summed E-state index contributed by atoms with van der Waals surface area (Å²) in [5, 5.41) is 1.19. The van der Waals surface area contributed by atoms with Crippen LogP contribution in [0.25, 0.3) is 0 Å². The lowest BCUT2D eigenvalue weighted by atomic mass is 10.3. The molecule has 154 valence electrons. The normalized spacial score (nSPS) is 10.5. The van der Waals surface area contributed by atoms with E-state index in [1.807, 2.05) is 0 Å². The average Bonchev–Trinajstić information content (AvgIpc) is 2.65. The van der Waals surface area contributed by atoms with Gasteiger partial charge in [-0.1, -0.05) is 53.4 Å². The zero-order valence-electron chi connectivity index (χ0n) is 17.4. The Morgan fingerprint density at radius 2 is 0.846 bits per heavy atom. The van der Waals surface area contributed by atoms with Crippen LogP contribution >= 0.6 is 24.4 Å². The minimum absolute atomic E-state index is 0.448. The van der Waals surface area contributed by atoms with Gasteiger partial charge in [0, 0.05) is 26.2 Å². The molecule has 0 fully saturated rings. The van der Waals surface area contributed by atoms with Gasteiger partial charge in [-0.15, -0.1) is 0 Å². The van der Waals surface area contributed by atoms with Gasteiger partial charge in [-0.2, -0.15) is 0 Å². The molecule has 0 N–H and O–H groups in total. The van der Waals surface area contributed by atoms with E-state index >= 15 is 0 Å². The van der Waals surface area contributed by atoms with Crippen LogP contribution in [0.3, 0.4) is 0 Å². The molecule has 0 atom stereocenters. The van der Waals surface area contributed by atoms with Crippen LogP contribution in [0.4, 0.5) is 0 Å². The van der Waals surface area contributed by atoms with Crippen molar-refractivity contribution in [2.45, 2.75) is 79.1 Å². The number of nitrogens with zero attached hydrogens (tertiary/aromatic N) is 2. The van der Waals surface area contributed by atoms with E-state index < -0.39 is 0 Å². The van der Waals surface area contributed by atoms with E-state index in [1.165, 1.54) is 0 Å². The number of rotatable bonds is 15. The summed E-state index contributed by atoms with van der Waals surface area (Å²) in [5.74, 6) is 0. The lowest BCUT2D eigenvalue weighted by Crippen LogP contribution is -2.35. The van der Waals surface area contributed by atoms with Gasteiger partial charge in [0.25, 0.3) is 10.3 Å². The highest BCUT2D eigenvalue weighted by Crippen LogP contribution is 2.05. The summed E-state index contributed by atoms with van der Waals surface area (Å²) >= 11 is 10.9. The smallest absolute Gasteiger partial charge is 0.259 e. The van der Waals surface area contributed by atoms with Gasteiger partial charge >= 0.3 is 0 Å². The van der Waals surface area contributed by atoms with Gasteiger partial charge in [-0.3, -0.25) is 0 Å². The molecule has 0 amide bonds. The fourth-order valence-electron chi connectivity index (χ4n) is 2.43. The third-order valence-corrected chi connectivity index (χ3v) is 4.93. The van der Waals surface area contributed by atoms with E-state index in [1.54, 1.807) is 0 Å². The fourth-order valence-corrected chi connectivity index (χ4v) is 2.96. The molecular weight excluding hydrogens is 364 g/mol. The van der Waals surface area contributed by atoms with Crippen molar-refractivity contribution in [2.75, 3.05) is 39.4 Å². The first-order valence-electron chi connectivity index (χ1n) is 10.4. The maximum atomic E-state index is 5.74. The van der Waals surface area contributed by atoms with Gasteiger partial charge in [0.15, 0.2) is 0 Å². The molecule has 4 nitrogen and oxygen atoms in total.